The largest absolute Gasteiger partial charge is 0.503 e. The van der Waals surface area contributed by atoms with Crippen LogP contribution in [0, 0.1) is 22.0 Å². The number of fused-ring (bicyclic) bond motifs is 1. The van der Waals surface area contributed by atoms with E-state index in [1.807, 2.05) is 6.07 Å². The first-order chi connectivity index (χ1) is 17.6. The molecule has 0 atom stereocenters. The zero-order valence-corrected chi connectivity index (χ0v) is 22.4. The molecule has 38 heavy (non-hydrogen) atoms. The van der Waals surface area contributed by atoms with Crippen molar-refractivity contribution >= 4 is 34.5 Å². The van der Waals surface area contributed by atoms with E-state index in [2.05, 4.69) is 46.5 Å². The Labute approximate surface area is 221 Å². The lowest BCUT2D eigenvalue weighted by molar-refractivity contribution is -0.383. The highest BCUT2D eigenvalue weighted by molar-refractivity contribution is 5.95. The van der Waals surface area contributed by atoms with Crippen molar-refractivity contribution in [2.45, 2.75) is 48.1 Å². The molecule has 0 amide bonds. The summed E-state index contributed by atoms with van der Waals surface area (Å²) in [7, 11) is 0. The number of hydrogen-bond acceptors (Lipinski definition) is 7. The molecule has 0 radical (unpaired) electrons. The number of aromatic nitrogens is 1. The summed E-state index contributed by atoms with van der Waals surface area (Å²) in [5.41, 5.74) is 7.26. The lowest BCUT2D eigenvalue weighted by Crippen LogP contribution is -2.01. The monoisotopic (exact) mass is 535 g/mol. The number of ether oxygens (including phenoxy) is 1. The van der Waals surface area contributed by atoms with Crippen LogP contribution in [0.25, 0.3) is 10.8 Å². The van der Waals surface area contributed by atoms with Crippen molar-refractivity contribution in [3.8, 4) is 5.75 Å². The van der Waals surface area contributed by atoms with Crippen LogP contribution in [0.2, 0.25) is 0 Å². The minimum atomic E-state index is -1.83. The van der Waals surface area contributed by atoms with E-state index >= 15 is 0 Å². The molecule has 210 valence electrons. The van der Waals surface area contributed by atoms with Gasteiger partial charge in [-0.25, -0.2) is 9.59 Å². The third-order valence-electron chi connectivity index (χ3n) is 3.39. The van der Waals surface area contributed by atoms with Gasteiger partial charge < -0.3 is 30.9 Å². The standard InChI is InChI=1S/C16H13N3O3.2C4H10.2CH2O3/c17-14-9-18-8-7-11(14)10-22-16-6-5-15(19(20)21)12-3-1-2-4-13(12)16;2*1-4(2)3;2*2-1(3)4/h1-9H,10,17H2;2*4H,1-3H3;2*(H2,2,3,4). The maximum Gasteiger partial charge on any atom is 0.503 e. The number of carboxylic acid groups (broad SMARTS) is 4. The van der Waals surface area contributed by atoms with Crippen LogP contribution < -0.4 is 10.5 Å². The van der Waals surface area contributed by atoms with Crippen LogP contribution >= 0.6 is 0 Å². The Kier molecular flexibility index (Phi) is 18.3. The van der Waals surface area contributed by atoms with Gasteiger partial charge in [-0.2, -0.15) is 0 Å². The zero-order chi connectivity index (χ0) is 29.8. The van der Waals surface area contributed by atoms with Crippen LogP contribution in [-0.2, 0) is 6.61 Å². The van der Waals surface area contributed by atoms with Crippen molar-refractivity contribution in [3.05, 3.63) is 70.5 Å². The predicted molar refractivity (Wildman–Crippen MR) is 146 cm³/mol. The van der Waals surface area contributed by atoms with Gasteiger partial charge in [0.05, 0.1) is 22.2 Å². The van der Waals surface area contributed by atoms with Crippen LogP contribution in [0.5, 0.6) is 5.75 Å². The number of nitro groups is 1. The molecule has 3 aromatic rings. The van der Waals surface area contributed by atoms with Crippen molar-refractivity contribution < 1.29 is 39.7 Å². The number of non-ortho nitro benzene ring substituents is 1. The molecule has 0 spiro atoms. The molecule has 0 fully saturated rings. The van der Waals surface area contributed by atoms with Crippen molar-refractivity contribution in [1.82, 2.24) is 4.98 Å². The number of pyridine rings is 1. The molecular weight excluding hydrogens is 498 g/mol. The molecule has 12 nitrogen and oxygen atoms in total. The summed E-state index contributed by atoms with van der Waals surface area (Å²) in [4.78, 5) is 31.7. The summed E-state index contributed by atoms with van der Waals surface area (Å²) in [5.74, 6) is 2.25. The van der Waals surface area contributed by atoms with Gasteiger partial charge in [-0.15, -0.1) is 0 Å². The van der Waals surface area contributed by atoms with Gasteiger partial charge >= 0.3 is 12.3 Å². The van der Waals surface area contributed by atoms with E-state index in [0.29, 0.717) is 22.2 Å². The zero-order valence-electron chi connectivity index (χ0n) is 22.4. The van der Waals surface area contributed by atoms with E-state index in [9.17, 15) is 10.1 Å². The molecule has 0 unspecified atom stereocenters. The fraction of sp³-hybridized carbons (Fsp3) is 0.346. The van der Waals surface area contributed by atoms with Gasteiger partial charge in [-0.1, -0.05) is 59.7 Å². The molecule has 0 saturated heterocycles. The van der Waals surface area contributed by atoms with Crippen molar-refractivity contribution in [3.63, 3.8) is 0 Å². The van der Waals surface area contributed by atoms with Gasteiger partial charge in [0.25, 0.3) is 5.69 Å². The summed E-state index contributed by atoms with van der Waals surface area (Å²) in [6, 6.07) is 11.9. The van der Waals surface area contributed by atoms with E-state index in [0.717, 1.165) is 17.4 Å². The van der Waals surface area contributed by atoms with Gasteiger partial charge in [0.1, 0.15) is 12.4 Å². The van der Waals surface area contributed by atoms with Crippen LogP contribution in [0.3, 0.4) is 0 Å². The summed E-state index contributed by atoms with van der Waals surface area (Å²) < 4.78 is 5.79. The molecule has 0 saturated carbocycles. The average molecular weight is 536 g/mol. The van der Waals surface area contributed by atoms with Gasteiger partial charge in [0.15, 0.2) is 0 Å². The highest BCUT2D eigenvalue weighted by atomic mass is 16.6. The summed E-state index contributed by atoms with van der Waals surface area (Å²) in [6.07, 6.45) is -0.463. The molecule has 0 bridgehead atoms. The number of nitrogen functional groups attached to an aromatic ring is 1. The second-order valence-corrected chi connectivity index (χ2v) is 8.78. The lowest BCUT2D eigenvalue weighted by Gasteiger charge is -2.10. The van der Waals surface area contributed by atoms with Crippen molar-refractivity contribution in [2.24, 2.45) is 11.8 Å². The number of benzene rings is 2. The van der Waals surface area contributed by atoms with E-state index in [1.54, 1.807) is 42.7 Å². The number of carbonyl (C=O) groups is 2. The minimum absolute atomic E-state index is 0.0615. The third kappa shape index (κ3) is 18.7. The van der Waals surface area contributed by atoms with Gasteiger partial charge in [-0.3, -0.25) is 15.1 Å². The Bertz CT molecular complexity index is 1100. The molecule has 12 heteroatoms. The molecule has 1 aromatic heterocycles. The molecule has 1 heterocycles. The second-order valence-electron chi connectivity index (χ2n) is 8.78. The minimum Gasteiger partial charge on any atom is -0.488 e. The number of nitrogens with zero attached hydrogens (tertiary/aromatic N) is 2. The molecule has 2 aromatic carbocycles. The topological polar surface area (TPSA) is 206 Å². The molecular formula is C26H37N3O9. The quantitative estimate of drug-likeness (QED) is 0.168. The summed E-state index contributed by atoms with van der Waals surface area (Å²) >= 11 is 0. The van der Waals surface area contributed by atoms with E-state index in [4.69, 9.17) is 40.5 Å². The van der Waals surface area contributed by atoms with Crippen LogP contribution in [0.1, 0.15) is 47.1 Å². The third-order valence-corrected chi connectivity index (χ3v) is 3.39. The van der Waals surface area contributed by atoms with Crippen molar-refractivity contribution in [2.75, 3.05) is 5.73 Å². The Balaban J connectivity index is 0. The summed E-state index contributed by atoms with van der Waals surface area (Å²) in [6.45, 7) is 13.3. The Hall–Kier alpha value is -4.61. The first kappa shape index (κ1) is 35.6. The Morgan fingerprint density at radius 1 is 0.895 bits per heavy atom. The first-order valence-electron chi connectivity index (χ1n) is 11.4. The number of rotatable bonds is 4. The maximum absolute atomic E-state index is 11.1. The van der Waals surface area contributed by atoms with Crippen LogP contribution in [0.4, 0.5) is 21.0 Å². The first-order valence-corrected chi connectivity index (χ1v) is 11.4. The van der Waals surface area contributed by atoms with Crippen molar-refractivity contribution in [1.29, 1.82) is 0 Å². The molecule has 3 rings (SSSR count). The number of nitrogens with two attached hydrogens (primary N) is 1. The second kappa shape index (κ2) is 19.6. The molecule has 0 aliphatic heterocycles. The van der Waals surface area contributed by atoms with E-state index < -0.39 is 17.2 Å². The molecule has 6 N–H and O–H groups in total. The summed E-state index contributed by atoms with van der Waals surface area (Å²) in [5, 5.41) is 40.2. The van der Waals surface area contributed by atoms with Crippen LogP contribution in [-0.4, -0.2) is 42.6 Å². The van der Waals surface area contributed by atoms with Crippen LogP contribution in [0.15, 0.2) is 54.9 Å². The highest BCUT2D eigenvalue weighted by Gasteiger charge is 2.14. The van der Waals surface area contributed by atoms with E-state index in [1.165, 1.54) is 6.07 Å². The Morgan fingerprint density at radius 3 is 1.76 bits per heavy atom. The van der Waals surface area contributed by atoms with Gasteiger partial charge in [-0.05, 0) is 30.0 Å². The highest BCUT2D eigenvalue weighted by Crippen LogP contribution is 2.33. The smallest absolute Gasteiger partial charge is 0.488 e. The average Bonchev–Trinajstić information content (AvgIpc) is 2.76. The normalized spacial score (nSPS) is 9.26. The number of hydrogen-bond donors (Lipinski definition) is 5. The SMILES string of the molecule is CC(C)C.CC(C)C.Nc1cnccc1COc1ccc([N+](=O)[O-])c2ccccc12.O=C(O)O.O=C(O)O. The van der Waals surface area contributed by atoms with Gasteiger partial charge in [0.2, 0.25) is 0 Å². The Morgan fingerprint density at radius 2 is 1.34 bits per heavy atom. The molecule has 0 aliphatic rings. The predicted octanol–water partition coefficient (Wildman–Crippen LogP) is 7.07. The fourth-order valence-electron chi connectivity index (χ4n) is 2.26. The van der Waals surface area contributed by atoms with Gasteiger partial charge in [0, 0.05) is 23.2 Å². The lowest BCUT2D eigenvalue weighted by atomic mass is 10.1. The fourth-order valence-corrected chi connectivity index (χ4v) is 2.26. The number of anilines is 1. The van der Waals surface area contributed by atoms with E-state index in [-0.39, 0.29) is 12.3 Å². The number of nitro benzene ring substituents is 1. The maximum atomic E-state index is 11.1. The molecule has 0 aliphatic carbocycles.